The summed E-state index contributed by atoms with van der Waals surface area (Å²) in [4.78, 5) is 35.8. The van der Waals surface area contributed by atoms with Crippen LogP contribution in [0.4, 0.5) is 5.69 Å². The van der Waals surface area contributed by atoms with Crippen molar-refractivity contribution in [2.75, 3.05) is 12.4 Å². The number of nitrogens with zero attached hydrogens (tertiary/aromatic N) is 1. The summed E-state index contributed by atoms with van der Waals surface area (Å²) in [5.74, 6) is -0.997. The van der Waals surface area contributed by atoms with Crippen LogP contribution < -0.4 is 10.9 Å². The smallest absolute Gasteiger partial charge is 0.337 e. The van der Waals surface area contributed by atoms with Crippen molar-refractivity contribution in [1.29, 1.82) is 0 Å². The molecule has 2 N–H and O–H groups in total. The van der Waals surface area contributed by atoms with E-state index in [4.69, 9.17) is 0 Å². The number of hydrogen-bond donors (Lipinski definition) is 2. The van der Waals surface area contributed by atoms with Gasteiger partial charge in [-0.2, -0.15) is 5.10 Å². The first-order valence-corrected chi connectivity index (χ1v) is 7.07. The molecule has 7 heteroatoms. The van der Waals surface area contributed by atoms with E-state index in [2.05, 4.69) is 20.3 Å². The van der Waals surface area contributed by atoms with Crippen LogP contribution in [0.15, 0.2) is 53.3 Å². The highest BCUT2D eigenvalue weighted by atomic mass is 16.5. The van der Waals surface area contributed by atoms with E-state index in [0.29, 0.717) is 22.0 Å². The molecule has 120 valence electrons. The Bertz CT molecular complexity index is 994. The molecule has 1 amide bonds. The highest BCUT2D eigenvalue weighted by Gasteiger charge is 2.15. The maximum atomic E-state index is 12.5. The molecule has 0 bridgehead atoms. The van der Waals surface area contributed by atoms with Gasteiger partial charge in [0.2, 0.25) is 0 Å². The van der Waals surface area contributed by atoms with Gasteiger partial charge in [0.1, 0.15) is 0 Å². The summed E-state index contributed by atoms with van der Waals surface area (Å²) in [6, 6.07) is 13.0. The molecule has 3 aromatic rings. The number of nitrogens with one attached hydrogen (secondary N) is 2. The number of amides is 1. The summed E-state index contributed by atoms with van der Waals surface area (Å²) in [6.45, 7) is 0. The van der Waals surface area contributed by atoms with Crippen LogP contribution in [0.5, 0.6) is 0 Å². The predicted octanol–water partition coefficient (Wildman–Crippen LogP) is 1.96. The van der Waals surface area contributed by atoms with Crippen molar-refractivity contribution >= 4 is 28.3 Å². The van der Waals surface area contributed by atoms with Crippen molar-refractivity contribution < 1.29 is 14.3 Å². The standard InChI is InChI=1S/C17H13N3O4/c1-24-17(23)10-5-4-6-11(9-10)18-16(22)14-12-7-2-3-8-13(12)15(21)20-19-14/h2-9H,1H3,(H,18,22)(H,20,21). The molecule has 0 unspecified atom stereocenters. The first kappa shape index (κ1) is 15.4. The molecule has 2 aromatic carbocycles. The Labute approximate surface area is 136 Å². The maximum absolute atomic E-state index is 12.5. The number of aromatic amines is 1. The first-order chi connectivity index (χ1) is 11.6. The number of benzene rings is 2. The lowest BCUT2D eigenvalue weighted by atomic mass is 10.1. The number of hydrogen-bond acceptors (Lipinski definition) is 5. The van der Waals surface area contributed by atoms with Crippen LogP contribution in [0.25, 0.3) is 10.8 Å². The lowest BCUT2D eigenvalue weighted by Gasteiger charge is -2.08. The lowest BCUT2D eigenvalue weighted by molar-refractivity contribution is 0.0600. The zero-order valence-electron chi connectivity index (χ0n) is 12.7. The number of fused-ring (bicyclic) bond motifs is 1. The molecule has 0 aliphatic carbocycles. The Morgan fingerprint density at radius 3 is 2.58 bits per heavy atom. The third-order valence-corrected chi connectivity index (χ3v) is 3.45. The molecule has 0 radical (unpaired) electrons. The summed E-state index contributed by atoms with van der Waals surface area (Å²) >= 11 is 0. The van der Waals surface area contributed by atoms with E-state index in [1.165, 1.54) is 13.2 Å². The summed E-state index contributed by atoms with van der Waals surface area (Å²) in [6.07, 6.45) is 0. The Morgan fingerprint density at radius 2 is 1.83 bits per heavy atom. The van der Waals surface area contributed by atoms with Gasteiger partial charge in [0.05, 0.1) is 18.1 Å². The largest absolute Gasteiger partial charge is 0.465 e. The van der Waals surface area contributed by atoms with Crippen LogP contribution in [-0.2, 0) is 4.74 Å². The molecule has 3 rings (SSSR count). The number of rotatable bonds is 3. The Hall–Kier alpha value is -3.48. The molecule has 0 saturated heterocycles. The minimum absolute atomic E-state index is 0.0914. The molecule has 0 atom stereocenters. The van der Waals surface area contributed by atoms with Crippen molar-refractivity contribution in [2.24, 2.45) is 0 Å². The molecule has 0 fully saturated rings. The number of carbonyl (C=O) groups excluding carboxylic acids is 2. The second-order valence-electron chi connectivity index (χ2n) is 4.97. The molecule has 0 aliphatic heterocycles. The third-order valence-electron chi connectivity index (χ3n) is 3.45. The summed E-state index contributed by atoms with van der Waals surface area (Å²) in [7, 11) is 1.28. The molecule has 0 aliphatic rings. The van der Waals surface area contributed by atoms with Gasteiger partial charge in [0.15, 0.2) is 5.69 Å². The Kier molecular flexibility index (Phi) is 4.07. The Balaban J connectivity index is 1.95. The summed E-state index contributed by atoms with van der Waals surface area (Å²) in [5.41, 5.74) is 0.457. The number of esters is 1. The molecule has 0 spiro atoms. The van der Waals surface area contributed by atoms with E-state index in [-0.39, 0.29) is 11.3 Å². The van der Waals surface area contributed by atoms with Crippen LogP contribution in [0.3, 0.4) is 0 Å². The highest BCUT2D eigenvalue weighted by Crippen LogP contribution is 2.16. The van der Waals surface area contributed by atoms with E-state index in [9.17, 15) is 14.4 Å². The first-order valence-electron chi connectivity index (χ1n) is 7.07. The fraction of sp³-hybridized carbons (Fsp3) is 0.0588. The lowest BCUT2D eigenvalue weighted by Crippen LogP contribution is -2.19. The summed E-state index contributed by atoms with van der Waals surface area (Å²) in [5, 5.41) is 9.62. The average Bonchev–Trinajstić information content (AvgIpc) is 2.61. The molecular formula is C17H13N3O4. The normalized spacial score (nSPS) is 10.4. The predicted molar refractivity (Wildman–Crippen MR) is 88.1 cm³/mol. The van der Waals surface area contributed by atoms with Gasteiger partial charge >= 0.3 is 5.97 Å². The van der Waals surface area contributed by atoms with Crippen LogP contribution >= 0.6 is 0 Å². The molecule has 1 heterocycles. The number of aromatic nitrogens is 2. The van der Waals surface area contributed by atoms with Crippen LogP contribution in [0, 0.1) is 0 Å². The van der Waals surface area contributed by atoms with E-state index in [1.807, 2.05) is 0 Å². The van der Waals surface area contributed by atoms with Crippen LogP contribution in [-0.4, -0.2) is 29.2 Å². The second-order valence-corrected chi connectivity index (χ2v) is 4.97. The van der Waals surface area contributed by atoms with Gasteiger partial charge in [-0.15, -0.1) is 0 Å². The van der Waals surface area contributed by atoms with Gasteiger partial charge in [-0.25, -0.2) is 9.89 Å². The van der Waals surface area contributed by atoms with Gasteiger partial charge < -0.3 is 10.1 Å². The molecule has 7 nitrogen and oxygen atoms in total. The molecule has 0 saturated carbocycles. The van der Waals surface area contributed by atoms with Crippen molar-refractivity contribution in [2.45, 2.75) is 0 Å². The van der Waals surface area contributed by atoms with Gasteiger partial charge in [0.25, 0.3) is 11.5 Å². The minimum Gasteiger partial charge on any atom is -0.465 e. The zero-order valence-corrected chi connectivity index (χ0v) is 12.7. The fourth-order valence-corrected chi connectivity index (χ4v) is 2.32. The number of carbonyl (C=O) groups is 2. The number of anilines is 1. The zero-order chi connectivity index (χ0) is 17.1. The molecule has 24 heavy (non-hydrogen) atoms. The van der Waals surface area contributed by atoms with E-state index in [0.717, 1.165) is 0 Å². The van der Waals surface area contributed by atoms with E-state index < -0.39 is 11.9 Å². The van der Waals surface area contributed by atoms with Crippen molar-refractivity contribution in [3.05, 3.63) is 70.1 Å². The fourth-order valence-electron chi connectivity index (χ4n) is 2.32. The second kappa shape index (κ2) is 6.33. The number of H-pyrrole nitrogens is 1. The topological polar surface area (TPSA) is 101 Å². The maximum Gasteiger partial charge on any atom is 0.337 e. The average molecular weight is 323 g/mol. The van der Waals surface area contributed by atoms with E-state index >= 15 is 0 Å². The SMILES string of the molecule is COC(=O)c1cccc(NC(=O)c2n[nH]c(=O)c3ccccc23)c1. The van der Waals surface area contributed by atoms with E-state index in [1.54, 1.807) is 42.5 Å². The van der Waals surface area contributed by atoms with Gasteiger partial charge in [0, 0.05) is 11.1 Å². The van der Waals surface area contributed by atoms with Crippen molar-refractivity contribution in [3.63, 3.8) is 0 Å². The number of ether oxygens (including phenoxy) is 1. The molecule has 1 aromatic heterocycles. The van der Waals surface area contributed by atoms with Gasteiger partial charge in [-0.3, -0.25) is 9.59 Å². The van der Waals surface area contributed by atoms with Gasteiger partial charge in [-0.05, 0) is 24.3 Å². The Morgan fingerprint density at radius 1 is 1.08 bits per heavy atom. The van der Waals surface area contributed by atoms with Crippen LogP contribution in [0.2, 0.25) is 0 Å². The molecular weight excluding hydrogens is 310 g/mol. The highest BCUT2D eigenvalue weighted by molar-refractivity contribution is 6.11. The monoisotopic (exact) mass is 323 g/mol. The summed E-state index contributed by atoms with van der Waals surface area (Å²) < 4.78 is 4.65. The third kappa shape index (κ3) is 2.87. The van der Waals surface area contributed by atoms with Gasteiger partial charge in [-0.1, -0.05) is 24.3 Å². The number of methoxy groups -OCH3 is 1. The van der Waals surface area contributed by atoms with Crippen LogP contribution in [0.1, 0.15) is 20.8 Å². The quantitative estimate of drug-likeness (QED) is 0.718. The minimum atomic E-state index is -0.501. The van der Waals surface area contributed by atoms with Crippen molar-refractivity contribution in [1.82, 2.24) is 10.2 Å². The van der Waals surface area contributed by atoms with Crippen molar-refractivity contribution in [3.8, 4) is 0 Å².